The van der Waals surface area contributed by atoms with Gasteiger partial charge in [0.2, 0.25) is 10.0 Å². The minimum Gasteiger partial charge on any atom is -0.374 e. The summed E-state index contributed by atoms with van der Waals surface area (Å²) >= 11 is 0. The van der Waals surface area contributed by atoms with Crippen molar-refractivity contribution < 1.29 is 17.9 Å². The van der Waals surface area contributed by atoms with E-state index in [9.17, 15) is 13.2 Å². The molecule has 1 aromatic carbocycles. The highest BCUT2D eigenvalue weighted by molar-refractivity contribution is 7.92. The SMILES string of the molecule is O=C(c1cccc(N2CCCCS2(=O)=O)c1)N1CCOC2CCCCC21. The summed E-state index contributed by atoms with van der Waals surface area (Å²) in [5, 5.41) is 0. The van der Waals surface area contributed by atoms with Crippen LogP contribution >= 0.6 is 0 Å². The van der Waals surface area contributed by atoms with Crippen LogP contribution < -0.4 is 4.31 Å². The Labute approximate surface area is 155 Å². The van der Waals surface area contributed by atoms with Crippen molar-refractivity contribution in [1.29, 1.82) is 0 Å². The Morgan fingerprint density at radius 3 is 2.77 bits per heavy atom. The normalized spacial score (nSPS) is 28.5. The molecule has 2 heterocycles. The summed E-state index contributed by atoms with van der Waals surface area (Å²) in [5.41, 5.74) is 1.17. The average molecular weight is 378 g/mol. The number of benzene rings is 1. The van der Waals surface area contributed by atoms with E-state index in [2.05, 4.69) is 0 Å². The number of sulfonamides is 1. The maximum Gasteiger partial charge on any atom is 0.254 e. The fourth-order valence-electron chi connectivity index (χ4n) is 4.39. The van der Waals surface area contributed by atoms with Crippen LogP contribution in [0.15, 0.2) is 24.3 Å². The lowest BCUT2D eigenvalue weighted by atomic mass is 9.89. The number of hydrogen-bond acceptors (Lipinski definition) is 4. The molecule has 4 rings (SSSR count). The summed E-state index contributed by atoms with van der Waals surface area (Å²) in [4.78, 5) is 15.1. The Bertz CT molecular complexity index is 777. The highest BCUT2D eigenvalue weighted by Crippen LogP contribution is 2.30. The summed E-state index contributed by atoms with van der Waals surface area (Å²) in [5.74, 6) is 0.166. The Morgan fingerprint density at radius 1 is 1.08 bits per heavy atom. The van der Waals surface area contributed by atoms with Crippen LogP contribution in [-0.4, -0.2) is 56.8 Å². The molecule has 0 spiro atoms. The summed E-state index contributed by atoms with van der Waals surface area (Å²) in [6.45, 7) is 1.67. The molecule has 142 valence electrons. The number of carbonyl (C=O) groups excluding carboxylic acids is 1. The zero-order valence-corrected chi connectivity index (χ0v) is 15.8. The fraction of sp³-hybridized carbons (Fsp3) is 0.632. The van der Waals surface area contributed by atoms with Crippen molar-refractivity contribution in [1.82, 2.24) is 4.90 Å². The smallest absolute Gasteiger partial charge is 0.254 e. The third-order valence-corrected chi connectivity index (χ3v) is 7.59. The Balaban J connectivity index is 1.58. The van der Waals surface area contributed by atoms with Crippen molar-refractivity contribution in [3.8, 4) is 0 Å². The van der Waals surface area contributed by atoms with E-state index < -0.39 is 10.0 Å². The first-order valence-electron chi connectivity index (χ1n) is 9.59. The number of carbonyl (C=O) groups is 1. The molecule has 2 aliphatic heterocycles. The van der Waals surface area contributed by atoms with Gasteiger partial charge >= 0.3 is 0 Å². The van der Waals surface area contributed by atoms with Crippen LogP contribution in [0.25, 0.3) is 0 Å². The molecule has 26 heavy (non-hydrogen) atoms. The first-order chi connectivity index (χ1) is 12.6. The predicted octanol–water partition coefficient (Wildman–Crippen LogP) is 2.40. The molecular formula is C19H26N2O4S. The minimum absolute atomic E-state index is 0.0125. The number of amides is 1. The molecule has 0 radical (unpaired) electrons. The van der Waals surface area contributed by atoms with Gasteiger partial charge in [0, 0.05) is 18.7 Å². The average Bonchev–Trinajstić information content (AvgIpc) is 2.67. The highest BCUT2D eigenvalue weighted by Gasteiger charge is 2.37. The number of fused-ring (bicyclic) bond motifs is 1. The van der Waals surface area contributed by atoms with E-state index in [0.717, 1.165) is 32.1 Å². The topological polar surface area (TPSA) is 66.9 Å². The molecule has 1 amide bonds. The predicted molar refractivity (Wildman–Crippen MR) is 99.8 cm³/mol. The number of nitrogens with zero attached hydrogens (tertiary/aromatic N) is 2. The lowest BCUT2D eigenvalue weighted by Gasteiger charge is -2.43. The van der Waals surface area contributed by atoms with Crippen LogP contribution in [0.1, 0.15) is 48.9 Å². The van der Waals surface area contributed by atoms with Gasteiger partial charge in [-0.25, -0.2) is 8.42 Å². The number of hydrogen-bond donors (Lipinski definition) is 0. The fourth-order valence-corrected chi connectivity index (χ4v) is 6.02. The Kier molecular flexibility index (Phi) is 4.92. The summed E-state index contributed by atoms with van der Waals surface area (Å²) in [6, 6.07) is 7.23. The third-order valence-electron chi connectivity index (χ3n) is 5.72. The van der Waals surface area contributed by atoms with Crippen LogP contribution in [0.5, 0.6) is 0 Å². The zero-order chi connectivity index (χ0) is 18.1. The molecule has 1 saturated carbocycles. The molecule has 2 atom stereocenters. The van der Waals surface area contributed by atoms with Crippen LogP contribution in [0, 0.1) is 0 Å². The second-order valence-corrected chi connectivity index (χ2v) is 9.42. The van der Waals surface area contributed by atoms with Gasteiger partial charge in [-0.2, -0.15) is 0 Å². The van der Waals surface area contributed by atoms with E-state index in [4.69, 9.17) is 4.74 Å². The molecule has 0 aromatic heterocycles. The molecular weight excluding hydrogens is 352 g/mol. The van der Waals surface area contributed by atoms with Crippen molar-refractivity contribution in [2.75, 3.05) is 29.8 Å². The maximum atomic E-state index is 13.2. The Hall–Kier alpha value is -1.60. The van der Waals surface area contributed by atoms with Crippen molar-refractivity contribution >= 4 is 21.6 Å². The lowest BCUT2D eigenvalue weighted by molar-refractivity contribution is -0.0752. The van der Waals surface area contributed by atoms with Gasteiger partial charge in [-0.1, -0.05) is 18.9 Å². The van der Waals surface area contributed by atoms with Gasteiger partial charge in [-0.15, -0.1) is 0 Å². The second kappa shape index (κ2) is 7.19. The van der Waals surface area contributed by atoms with Crippen molar-refractivity contribution in [3.05, 3.63) is 29.8 Å². The van der Waals surface area contributed by atoms with E-state index >= 15 is 0 Å². The van der Waals surface area contributed by atoms with E-state index in [1.807, 2.05) is 4.90 Å². The zero-order valence-electron chi connectivity index (χ0n) is 15.0. The Morgan fingerprint density at radius 2 is 1.92 bits per heavy atom. The standard InChI is InChI=1S/C19H26N2O4S/c22-19(20-11-12-25-18-9-2-1-8-17(18)20)15-6-5-7-16(14-15)21-10-3-4-13-26(21,23)24/h5-7,14,17-18H,1-4,8-13H2. The van der Waals surface area contributed by atoms with Gasteiger partial charge in [-0.3, -0.25) is 9.10 Å². The van der Waals surface area contributed by atoms with Gasteiger partial charge in [0.15, 0.2) is 0 Å². The maximum absolute atomic E-state index is 13.2. The molecule has 6 nitrogen and oxygen atoms in total. The van der Waals surface area contributed by atoms with Crippen LogP contribution in [-0.2, 0) is 14.8 Å². The van der Waals surface area contributed by atoms with Crippen LogP contribution in [0.2, 0.25) is 0 Å². The van der Waals surface area contributed by atoms with E-state index in [1.54, 1.807) is 24.3 Å². The number of anilines is 1. The molecule has 1 aliphatic carbocycles. The van der Waals surface area contributed by atoms with Gasteiger partial charge in [0.1, 0.15) is 0 Å². The third kappa shape index (κ3) is 3.34. The van der Waals surface area contributed by atoms with Crippen molar-refractivity contribution in [2.24, 2.45) is 0 Å². The van der Waals surface area contributed by atoms with Crippen LogP contribution in [0.3, 0.4) is 0 Å². The molecule has 3 fully saturated rings. The lowest BCUT2D eigenvalue weighted by Crippen LogP contribution is -2.54. The molecule has 7 heteroatoms. The van der Waals surface area contributed by atoms with Crippen LogP contribution in [0.4, 0.5) is 5.69 Å². The van der Waals surface area contributed by atoms with Gasteiger partial charge in [0.05, 0.1) is 30.2 Å². The van der Waals surface area contributed by atoms with Gasteiger partial charge < -0.3 is 9.64 Å². The largest absolute Gasteiger partial charge is 0.374 e. The first-order valence-corrected chi connectivity index (χ1v) is 11.2. The summed E-state index contributed by atoms with van der Waals surface area (Å²) in [6.07, 6.45) is 5.98. The summed E-state index contributed by atoms with van der Waals surface area (Å²) in [7, 11) is -3.27. The molecule has 0 N–H and O–H groups in total. The summed E-state index contributed by atoms with van der Waals surface area (Å²) < 4.78 is 32.1. The molecule has 0 bridgehead atoms. The van der Waals surface area contributed by atoms with Crippen molar-refractivity contribution in [3.63, 3.8) is 0 Å². The monoisotopic (exact) mass is 378 g/mol. The van der Waals surface area contributed by atoms with E-state index in [1.165, 1.54) is 4.31 Å². The minimum atomic E-state index is -3.27. The number of morpholine rings is 1. The van der Waals surface area contributed by atoms with Gasteiger partial charge in [-0.05, 0) is 43.9 Å². The van der Waals surface area contributed by atoms with Gasteiger partial charge in [0.25, 0.3) is 5.91 Å². The molecule has 2 unspecified atom stereocenters. The second-order valence-electron chi connectivity index (χ2n) is 7.41. The molecule has 3 aliphatic rings. The van der Waals surface area contributed by atoms with E-state index in [0.29, 0.717) is 37.4 Å². The van der Waals surface area contributed by atoms with Crippen molar-refractivity contribution in [2.45, 2.75) is 50.7 Å². The van der Waals surface area contributed by atoms with E-state index in [-0.39, 0.29) is 23.8 Å². The quantitative estimate of drug-likeness (QED) is 0.793. The number of rotatable bonds is 2. The highest BCUT2D eigenvalue weighted by atomic mass is 32.2. The first kappa shape index (κ1) is 17.8. The molecule has 1 aromatic rings. The number of ether oxygens (including phenoxy) is 1. The molecule has 2 saturated heterocycles.